The molecule has 1 amide bonds. The van der Waals surface area contributed by atoms with E-state index in [0.29, 0.717) is 45.5 Å². The molecule has 0 saturated carbocycles. The lowest BCUT2D eigenvalue weighted by Crippen LogP contribution is -2.16. The van der Waals surface area contributed by atoms with Crippen LogP contribution in [0.1, 0.15) is 24.4 Å². The van der Waals surface area contributed by atoms with Crippen LogP contribution in [0.4, 0.5) is 5.69 Å². The van der Waals surface area contributed by atoms with Crippen molar-refractivity contribution in [3.05, 3.63) is 65.5 Å². The normalized spacial score (nSPS) is 11.6. The molecule has 1 heterocycles. The summed E-state index contributed by atoms with van der Waals surface area (Å²) in [6.45, 7) is 8.12. The average molecular weight is 503 g/mol. The monoisotopic (exact) mass is 502 g/mol. The van der Waals surface area contributed by atoms with Crippen molar-refractivity contribution >= 4 is 35.0 Å². The highest BCUT2D eigenvalue weighted by atomic mass is 35.5. The summed E-state index contributed by atoms with van der Waals surface area (Å²) in [4.78, 5) is 12.6. The van der Waals surface area contributed by atoms with Crippen LogP contribution >= 0.6 is 23.4 Å². The maximum absolute atomic E-state index is 12.6. The van der Waals surface area contributed by atoms with E-state index in [1.54, 1.807) is 44.6 Å². The molecule has 1 atom stereocenters. The Morgan fingerprint density at radius 2 is 2.00 bits per heavy atom. The Morgan fingerprint density at radius 3 is 2.71 bits per heavy atom. The second-order valence-corrected chi connectivity index (χ2v) is 8.69. The van der Waals surface area contributed by atoms with E-state index < -0.39 is 6.10 Å². The number of nitrogens with zero attached hydrogens (tertiary/aromatic N) is 3. The molecule has 0 bridgehead atoms. The third-order valence-electron chi connectivity index (χ3n) is 4.82. The van der Waals surface area contributed by atoms with Crippen LogP contribution in [0.3, 0.4) is 0 Å². The Labute approximate surface area is 208 Å². The number of nitrogens with one attached hydrogen (secondary N) is 1. The Morgan fingerprint density at radius 1 is 1.21 bits per heavy atom. The topological polar surface area (TPSA) is 87.5 Å². The average Bonchev–Trinajstić information content (AvgIpc) is 3.23. The molecule has 8 nitrogen and oxygen atoms in total. The molecule has 180 valence electrons. The highest BCUT2D eigenvalue weighted by Gasteiger charge is 2.21. The molecule has 0 aliphatic carbocycles. The van der Waals surface area contributed by atoms with Gasteiger partial charge in [0.25, 0.3) is 0 Å². The zero-order valence-electron chi connectivity index (χ0n) is 19.5. The highest BCUT2D eigenvalue weighted by Crippen LogP contribution is 2.31. The summed E-state index contributed by atoms with van der Waals surface area (Å²) >= 11 is 7.54. The number of aromatic nitrogens is 3. The van der Waals surface area contributed by atoms with Crippen molar-refractivity contribution in [2.45, 2.75) is 31.7 Å². The van der Waals surface area contributed by atoms with Crippen LogP contribution in [0.2, 0.25) is 5.02 Å². The number of methoxy groups -OCH3 is 2. The zero-order valence-corrected chi connectivity index (χ0v) is 21.1. The van der Waals surface area contributed by atoms with Gasteiger partial charge in [-0.1, -0.05) is 35.5 Å². The minimum Gasteiger partial charge on any atom is -0.497 e. The molecule has 34 heavy (non-hydrogen) atoms. The summed E-state index contributed by atoms with van der Waals surface area (Å²) in [5.74, 6) is 2.23. The van der Waals surface area contributed by atoms with Gasteiger partial charge in [-0.15, -0.1) is 16.8 Å². The summed E-state index contributed by atoms with van der Waals surface area (Å²) < 4.78 is 18.5. The first-order chi connectivity index (χ1) is 16.4. The van der Waals surface area contributed by atoms with Crippen LogP contribution in [0.25, 0.3) is 0 Å². The van der Waals surface area contributed by atoms with Gasteiger partial charge in [0.15, 0.2) is 17.1 Å². The Kier molecular flexibility index (Phi) is 8.84. The highest BCUT2D eigenvalue weighted by molar-refractivity contribution is 7.99. The molecule has 0 aliphatic heterocycles. The number of anilines is 1. The van der Waals surface area contributed by atoms with E-state index in [2.05, 4.69) is 22.1 Å². The molecule has 0 spiro atoms. The Hall–Kier alpha value is -3.17. The summed E-state index contributed by atoms with van der Waals surface area (Å²) in [7, 11) is 3.10. The van der Waals surface area contributed by atoms with E-state index in [1.165, 1.54) is 11.8 Å². The second kappa shape index (κ2) is 11.8. The third-order valence-corrected chi connectivity index (χ3v) is 6.10. The lowest BCUT2D eigenvalue weighted by molar-refractivity contribution is -0.113. The molecule has 0 saturated heterocycles. The van der Waals surface area contributed by atoms with Crippen LogP contribution in [-0.4, -0.2) is 40.6 Å². The predicted octanol–water partition coefficient (Wildman–Crippen LogP) is 5.31. The first-order valence-corrected chi connectivity index (χ1v) is 11.8. The molecular weight excluding hydrogens is 476 g/mol. The number of carbonyl (C=O) groups excluding carboxylic acids is 1. The van der Waals surface area contributed by atoms with E-state index in [9.17, 15) is 4.79 Å². The molecule has 1 N–H and O–H groups in total. The van der Waals surface area contributed by atoms with Gasteiger partial charge in [0.2, 0.25) is 5.91 Å². The SMILES string of the molecule is C=CCn1c(SCC(=O)Nc2cc(OC)ccc2OC)nnc1C(C)Oc1cc(C)ccc1Cl. The predicted molar refractivity (Wildman–Crippen MR) is 134 cm³/mol. The van der Waals surface area contributed by atoms with E-state index in [1.807, 2.05) is 30.5 Å². The number of halogens is 1. The molecule has 0 aliphatic rings. The number of carbonyl (C=O) groups is 1. The second-order valence-electron chi connectivity index (χ2n) is 7.34. The fraction of sp³-hybridized carbons (Fsp3) is 0.292. The van der Waals surface area contributed by atoms with Crippen molar-refractivity contribution in [2.24, 2.45) is 0 Å². The fourth-order valence-corrected chi connectivity index (χ4v) is 4.10. The number of thioether (sulfide) groups is 1. The van der Waals surface area contributed by atoms with E-state index in [-0.39, 0.29) is 11.7 Å². The molecular formula is C24H27ClN4O4S. The number of amides is 1. The van der Waals surface area contributed by atoms with E-state index >= 15 is 0 Å². The van der Waals surface area contributed by atoms with Crippen LogP contribution in [0.5, 0.6) is 17.2 Å². The maximum atomic E-state index is 12.6. The number of ether oxygens (including phenoxy) is 3. The van der Waals surface area contributed by atoms with Crippen LogP contribution in [-0.2, 0) is 11.3 Å². The Balaban J connectivity index is 1.71. The van der Waals surface area contributed by atoms with Gasteiger partial charge >= 0.3 is 0 Å². The summed E-state index contributed by atoms with van der Waals surface area (Å²) in [5, 5.41) is 12.5. The van der Waals surface area contributed by atoms with Gasteiger partial charge in [0, 0.05) is 12.6 Å². The molecule has 1 aromatic heterocycles. The lowest BCUT2D eigenvalue weighted by atomic mass is 10.2. The zero-order chi connectivity index (χ0) is 24.7. The number of rotatable bonds is 11. The standard InChI is InChI=1S/C24H27ClN4O4S/c1-6-11-29-23(16(3)33-21-12-15(2)7-9-18(21)25)27-28-24(29)34-14-22(30)26-19-13-17(31-4)8-10-20(19)32-5/h6-10,12-13,16H,1,11,14H2,2-5H3,(H,26,30). The van der Waals surface area contributed by atoms with Gasteiger partial charge < -0.3 is 19.5 Å². The molecule has 0 fully saturated rings. The molecule has 0 radical (unpaired) electrons. The molecule has 10 heteroatoms. The van der Waals surface area contributed by atoms with Crippen LogP contribution in [0.15, 0.2) is 54.2 Å². The first kappa shape index (κ1) is 25.5. The summed E-state index contributed by atoms with van der Waals surface area (Å²) in [6, 6.07) is 10.8. The third kappa shape index (κ3) is 6.24. The number of hydrogen-bond donors (Lipinski definition) is 1. The number of aryl methyl sites for hydroxylation is 1. The molecule has 3 aromatic rings. The fourth-order valence-electron chi connectivity index (χ4n) is 3.18. The number of benzene rings is 2. The van der Waals surface area contributed by atoms with Crippen molar-refractivity contribution < 1.29 is 19.0 Å². The lowest BCUT2D eigenvalue weighted by Gasteiger charge is -2.17. The van der Waals surface area contributed by atoms with Crippen molar-refractivity contribution in [2.75, 3.05) is 25.3 Å². The van der Waals surface area contributed by atoms with Gasteiger partial charge in [-0.05, 0) is 43.7 Å². The summed E-state index contributed by atoms with van der Waals surface area (Å²) in [6.07, 6.45) is 1.32. The van der Waals surface area contributed by atoms with Crippen molar-refractivity contribution in [1.82, 2.24) is 14.8 Å². The van der Waals surface area contributed by atoms with Crippen molar-refractivity contribution in [1.29, 1.82) is 0 Å². The first-order valence-electron chi connectivity index (χ1n) is 10.5. The van der Waals surface area contributed by atoms with E-state index in [4.69, 9.17) is 25.8 Å². The van der Waals surface area contributed by atoms with Gasteiger partial charge in [-0.3, -0.25) is 9.36 Å². The molecule has 3 rings (SSSR count). The molecule has 1 unspecified atom stereocenters. The van der Waals surface area contributed by atoms with E-state index in [0.717, 1.165) is 5.56 Å². The van der Waals surface area contributed by atoms with Gasteiger partial charge in [-0.25, -0.2) is 0 Å². The van der Waals surface area contributed by atoms with Crippen molar-refractivity contribution in [3.63, 3.8) is 0 Å². The van der Waals surface area contributed by atoms with Gasteiger partial charge in [-0.2, -0.15) is 0 Å². The quantitative estimate of drug-likeness (QED) is 0.280. The smallest absolute Gasteiger partial charge is 0.234 e. The minimum atomic E-state index is -0.420. The molecule has 2 aromatic carbocycles. The number of allylic oxidation sites excluding steroid dienone is 1. The minimum absolute atomic E-state index is 0.120. The number of hydrogen-bond acceptors (Lipinski definition) is 7. The Bertz CT molecular complexity index is 1170. The van der Waals surface area contributed by atoms with Crippen LogP contribution in [0, 0.1) is 6.92 Å². The maximum Gasteiger partial charge on any atom is 0.234 e. The van der Waals surface area contributed by atoms with Gasteiger partial charge in [0.05, 0.1) is 30.7 Å². The van der Waals surface area contributed by atoms with Crippen LogP contribution < -0.4 is 19.5 Å². The largest absolute Gasteiger partial charge is 0.497 e. The summed E-state index contributed by atoms with van der Waals surface area (Å²) in [5.41, 5.74) is 1.56. The van der Waals surface area contributed by atoms with Gasteiger partial charge in [0.1, 0.15) is 17.2 Å². The van der Waals surface area contributed by atoms with Crippen molar-refractivity contribution in [3.8, 4) is 17.2 Å².